The van der Waals surface area contributed by atoms with E-state index in [1.165, 1.54) is 11.0 Å². The summed E-state index contributed by atoms with van der Waals surface area (Å²) < 4.78 is 5.40. The van der Waals surface area contributed by atoms with Gasteiger partial charge in [0.1, 0.15) is 5.15 Å². The van der Waals surface area contributed by atoms with Crippen molar-refractivity contribution in [1.82, 2.24) is 9.88 Å². The van der Waals surface area contributed by atoms with Gasteiger partial charge in [-0.15, -0.1) is 0 Å². The van der Waals surface area contributed by atoms with Gasteiger partial charge in [0.15, 0.2) is 6.10 Å². The van der Waals surface area contributed by atoms with E-state index < -0.39 is 12.1 Å². The van der Waals surface area contributed by atoms with Crippen LogP contribution in [0.3, 0.4) is 0 Å². The van der Waals surface area contributed by atoms with Crippen LogP contribution in [-0.4, -0.2) is 34.9 Å². The number of pyridine rings is 1. The van der Waals surface area contributed by atoms with E-state index in [-0.39, 0.29) is 16.6 Å². The molecule has 0 spiro atoms. The molecule has 5 nitrogen and oxygen atoms in total. The molecule has 6 heteroatoms. The summed E-state index contributed by atoms with van der Waals surface area (Å²) in [6, 6.07) is 18.2. The quantitative estimate of drug-likeness (QED) is 0.492. The highest BCUT2D eigenvalue weighted by Gasteiger charge is 2.23. The maximum Gasteiger partial charge on any atom is 0.339 e. The Balaban J connectivity index is 1.73. The molecule has 0 radical (unpaired) electrons. The molecule has 1 amide bonds. The summed E-state index contributed by atoms with van der Waals surface area (Å²) in [7, 11) is 1.68. The molecular formula is C21H19ClN2O3. The summed E-state index contributed by atoms with van der Waals surface area (Å²) in [5.74, 6) is -0.888. The van der Waals surface area contributed by atoms with Crippen LogP contribution in [0.4, 0.5) is 0 Å². The maximum atomic E-state index is 12.6. The van der Waals surface area contributed by atoms with E-state index in [0.717, 1.165) is 5.56 Å². The van der Waals surface area contributed by atoms with Crippen molar-refractivity contribution in [2.45, 2.75) is 19.6 Å². The second kappa shape index (κ2) is 8.18. The van der Waals surface area contributed by atoms with Crippen molar-refractivity contribution in [2.75, 3.05) is 7.05 Å². The van der Waals surface area contributed by atoms with Crippen LogP contribution in [0.1, 0.15) is 22.8 Å². The number of hydrogen-bond donors (Lipinski definition) is 0. The highest BCUT2D eigenvalue weighted by molar-refractivity contribution is 6.30. The van der Waals surface area contributed by atoms with Crippen molar-refractivity contribution in [2.24, 2.45) is 0 Å². The van der Waals surface area contributed by atoms with Gasteiger partial charge >= 0.3 is 5.97 Å². The lowest BCUT2D eigenvalue weighted by Gasteiger charge is -2.21. The SMILES string of the molecule is CC(OC(=O)c1cc(Cl)nc2ccccc12)C(=O)N(C)Cc1ccccc1. The number of hydrogen-bond acceptors (Lipinski definition) is 4. The summed E-state index contributed by atoms with van der Waals surface area (Å²) in [6.45, 7) is 2.00. The first-order valence-corrected chi connectivity index (χ1v) is 8.88. The van der Waals surface area contributed by atoms with Gasteiger partial charge in [-0.05, 0) is 24.6 Å². The number of rotatable bonds is 5. The Morgan fingerprint density at radius 2 is 1.78 bits per heavy atom. The second-order valence-electron chi connectivity index (χ2n) is 6.24. The third-order valence-corrected chi connectivity index (χ3v) is 4.37. The van der Waals surface area contributed by atoms with Crippen molar-refractivity contribution in [3.63, 3.8) is 0 Å². The lowest BCUT2D eigenvalue weighted by molar-refractivity contribution is -0.139. The van der Waals surface area contributed by atoms with E-state index in [2.05, 4.69) is 4.98 Å². The number of carbonyl (C=O) groups excluding carboxylic acids is 2. The lowest BCUT2D eigenvalue weighted by Crippen LogP contribution is -2.37. The molecule has 0 aliphatic rings. The third-order valence-electron chi connectivity index (χ3n) is 4.18. The average Bonchev–Trinajstić information content (AvgIpc) is 2.67. The number of para-hydroxylation sites is 1. The topological polar surface area (TPSA) is 59.5 Å². The van der Waals surface area contributed by atoms with Crippen LogP contribution in [0.2, 0.25) is 5.15 Å². The zero-order valence-electron chi connectivity index (χ0n) is 15.1. The number of halogens is 1. The Morgan fingerprint density at radius 3 is 2.52 bits per heavy atom. The predicted molar refractivity (Wildman–Crippen MR) is 105 cm³/mol. The van der Waals surface area contributed by atoms with Crippen LogP contribution in [0.15, 0.2) is 60.7 Å². The number of ether oxygens (including phenoxy) is 1. The smallest absolute Gasteiger partial charge is 0.339 e. The highest BCUT2D eigenvalue weighted by Crippen LogP contribution is 2.22. The fourth-order valence-electron chi connectivity index (χ4n) is 2.83. The van der Waals surface area contributed by atoms with Gasteiger partial charge in [-0.1, -0.05) is 60.1 Å². The second-order valence-corrected chi connectivity index (χ2v) is 6.62. The molecule has 0 saturated heterocycles. The van der Waals surface area contributed by atoms with Crippen molar-refractivity contribution in [1.29, 1.82) is 0 Å². The van der Waals surface area contributed by atoms with Gasteiger partial charge in [-0.3, -0.25) is 4.79 Å². The third kappa shape index (κ3) is 4.44. The minimum atomic E-state index is -0.920. The van der Waals surface area contributed by atoms with Crippen LogP contribution in [0, 0.1) is 0 Å². The Morgan fingerprint density at radius 1 is 1.11 bits per heavy atom. The van der Waals surface area contributed by atoms with E-state index >= 15 is 0 Å². The molecule has 0 N–H and O–H groups in total. The fraction of sp³-hybridized carbons (Fsp3) is 0.190. The van der Waals surface area contributed by atoms with Crippen LogP contribution in [0.25, 0.3) is 10.9 Å². The molecule has 0 aliphatic carbocycles. The van der Waals surface area contributed by atoms with Gasteiger partial charge in [-0.2, -0.15) is 0 Å². The molecule has 0 bridgehead atoms. The minimum Gasteiger partial charge on any atom is -0.449 e. The molecule has 2 aromatic carbocycles. The molecule has 1 aromatic heterocycles. The standard InChI is InChI=1S/C21H19ClN2O3/c1-14(20(25)24(2)13-15-8-4-3-5-9-15)27-21(26)17-12-19(22)23-18-11-7-6-10-16(17)18/h3-12,14H,13H2,1-2H3. The maximum absolute atomic E-state index is 12.6. The number of esters is 1. The van der Waals surface area contributed by atoms with Gasteiger partial charge in [0.05, 0.1) is 11.1 Å². The Hall–Kier alpha value is -2.92. The van der Waals surface area contributed by atoms with E-state index in [0.29, 0.717) is 17.4 Å². The first kappa shape index (κ1) is 18.9. The number of fused-ring (bicyclic) bond motifs is 1. The van der Waals surface area contributed by atoms with E-state index in [4.69, 9.17) is 16.3 Å². The monoisotopic (exact) mass is 382 g/mol. The van der Waals surface area contributed by atoms with Gasteiger partial charge < -0.3 is 9.64 Å². The highest BCUT2D eigenvalue weighted by atomic mass is 35.5. The Kier molecular flexibility index (Phi) is 5.72. The van der Waals surface area contributed by atoms with Crippen molar-refractivity contribution in [3.8, 4) is 0 Å². The first-order valence-electron chi connectivity index (χ1n) is 8.51. The zero-order chi connectivity index (χ0) is 19.4. The van der Waals surface area contributed by atoms with Crippen LogP contribution >= 0.6 is 11.6 Å². The number of carbonyl (C=O) groups is 2. The Labute approximate surface area is 162 Å². The van der Waals surface area contributed by atoms with Gasteiger partial charge in [0.25, 0.3) is 5.91 Å². The van der Waals surface area contributed by atoms with Crippen LogP contribution in [-0.2, 0) is 16.1 Å². The average molecular weight is 383 g/mol. The van der Waals surface area contributed by atoms with Crippen molar-refractivity contribution < 1.29 is 14.3 Å². The fourth-order valence-corrected chi connectivity index (χ4v) is 3.03. The molecule has 27 heavy (non-hydrogen) atoms. The normalized spacial score (nSPS) is 11.8. The summed E-state index contributed by atoms with van der Waals surface area (Å²) in [6.07, 6.45) is -0.920. The first-order chi connectivity index (χ1) is 13.0. The number of likely N-dealkylation sites (N-methyl/N-ethyl adjacent to an activating group) is 1. The van der Waals surface area contributed by atoms with Crippen LogP contribution < -0.4 is 0 Å². The lowest BCUT2D eigenvalue weighted by atomic mass is 10.1. The van der Waals surface area contributed by atoms with Gasteiger partial charge in [0, 0.05) is 19.0 Å². The predicted octanol–water partition coefficient (Wildman–Crippen LogP) is 4.09. The number of benzene rings is 2. The van der Waals surface area contributed by atoms with Crippen LogP contribution in [0.5, 0.6) is 0 Å². The number of aromatic nitrogens is 1. The molecule has 0 aliphatic heterocycles. The van der Waals surface area contributed by atoms with Crippen molar-refractivity contribution >= 4 is 34.4 Å². The summed E-state index contributed by atoms with van der Waals surface area (Å²) in [4.78, 5) is 30.9. The molecule has 1 unspecified atom stereocenters. The molecule has 138 valence electrons. The van der Waals surface area contributed by atoms with Crippen molar-refractivity contribution in [3.05, 3.63) is 76.9 Å². The van der Waals surface area contributed by atoms with E-state index in [9.17, 15) is 9.59 Å². The van der Waals surface area contributed by atoms with E-state index in [1.54, 1.807) is 32.2 Å². The molecule has 1 atom stereocenters. The molecule has 3 rings (SSSR count). The number of nitrogens with zero attached hydrogens (tertiary/aromatic N) is 2. The Bertz CT molecular complexity index is 976. The molecule has 1 heterocycles. The molecule has 0 fully saturated rings. The zero-order valence-corrected chi connectivity index (χ0v) is 15.8. The molecule has 0 saturated carbocycles. The summed E-state index contributed by atoms with van der Waals surface area (Å²) >= 11 is 6.01. The largest absolute Gasteiger partial charge is 0.449 e. The minimum absolute atomic E-state index is 0.195. The van der Waals surface area contributed by atoms with Gasteiger partial charge in [-0.25, -0.2) is 9.78 Å². The summed E-state index contributed by atoms with van der Waals surface area (Å²) in [5, 5.41) is 0.824. The summed E-state index contributed by atoms with van der Waals surface area (Å²) in [5.41, 5.74) is 1.88. The number of amides is 1. The van der Waals surface area contributed by atoms with Gasteiger partial charge in [0.2, 0.25) is 0 Å². The van der Waals surface area contributed by atoms with E-state index in [1.807, 2.05) is 36.4 Å². The molecular weight excluding hydrogens is 364 g/mol. The molecule has 3 aromatic rings.